The van der Waals surface area contributed by atoms with Crippen molar-refractivity contribution in [2.45, 2.75) is 64.2 Å². The number of aliphatic hydroxyl groups excluding tert-OH is 1. The quantitative estimate of drug-likeness (QED) is 0.396. The number of hydrogen-bond acceptors (Lipinski definition) is 8. The molecule has 9 nitrogen and oxygen atoms in total. The molecule has 37 heavy (non-hydrogen) atoms. The zero-order valence-electron chi connectivity index (χ0n) is 21.3. The average Bonchev–Trinajstić information content (AvgIpc) is 3.67. The number of rotatable bonds is 8. The molecule has 1 aromatic heterocycles. The summed E-state index contributed by atoms with van der Waals surface area (Å²) in [6, 6.07) is 3.69. The molecule has 0 spiro atoms. The van der Waals surface area contributed by atoms with Gasteiger partial charge in [-0.3, -0.25) is 15.1 Å². The minimum Gasteiger partial charge on any atom is -0.389 e. The first-order chi connectivity index (χ1) is 17.6. The van der Waals surface area contributed by atoms with E-state index in [0.717, 1.165) is 31.0 Å². The highest BCUT2D eigenvalue weighted by Crippen LogP contribution is 2.39. The van der Waals surface area contributed by atoms with Crippen molar-refractivity contribution >= 4 is 29.3 Å². The van der Waals surface area contributed by atoms with Crippen LogP contribution in [-0.2, 0) is 0 Å². The van der Waals surface area contributed by atoms with E-state index in [1.165, 1.54) is 12.1 Å². The molecule has 2 aromatic rings. The van der Waals surface area contributed by atoms with Crippen molar-refractivity contribution in [2.24, 2.45) is 15.9 Å². The summed E-state index contributed by atoms with van der Waals surface area (Å²) in [7, 11) is 0. The molecule has 2 aliphatic rings. The first kappa shape index (κ1) is 26.7. The number of amides is 1. The number of aromatic nitrogens is 2. The van der Waals surface area contributed by atoms with Gasteiger partial charge in [0.25, 0.3) is 5.91 Å². The van der Waals surface area contributed by atoms with Crippen LogP contribution in [0, 0.1) is 11.7 Å². The van der Waals surface area contributed by atoms with Crippen LogP contribution in [-0.4, -0.2) is 50.2 Å². The van der Waals surface area contributed by atoms with Gasteiger partial charge in [-0.15, -0.1) is 0 Å². The fraction of sp³-hybridized carbons (Fsp3) is 0.444. The molecule has 4 rings (SSSR count). The number of benzene rings is 1. The maximum atomic E-state index is 14.1. The maximum absolute atomic E-state index is 14.1. The number of allylic oxidation sites excluding steroid dienone is 1. The predicted octanol–water partition coefficient (Wildman–Crippen LogP) is 4.18. The highest BCUT2D eigenvalue weighted by Gasteiger charge is 2.28. The zero-order chi connectivity index (χ0) is 26.6. The fourth-order valence-corrected chi connectivity index (χ4v) is 3.90. The highest BCUT2D eigenvalue weighted by atomic mass is 19.1. The predicted molar refractivity (Wildman–Crippen MR) is 141 cm³/mol. The molecule has 196 valence electrons. The molecule has 2 unspecified atom stereocenters. The first-order valence-electron chi connectivity index (χ1n) is 12.5. The Morgan fingerprint density at radius 2 is 2.11 bits per heavy atom. The molecule has 1 aliphatic heterocycles. The molecular weight excluding hydrogens is 475 g/mol. The number of carbonyl (C=O) groups excluding carboxylic acids is 1. The van der Waals surface area contributed by atoms with Gasteiger partial charge in [0.2, 0.25) is 0 Å². The Morgan fingerprint density at radius 3 is 2.84 bits per heavy atom. The number of anilines is 1. The van der Waals surface area contributed by atoms with Gasteiger partial charge in [0.15, 0.2) is 11.5 Å². The Bertz CT molecular complexity index is 1230. The van der Waals surface area contributed by atoms with E-state index in [0.29, 0.717) is 18.1 Å². The summed E-state index contributed by atoms with van der Waals surface area (Å²) in [6.45, 7) is 5.31. The summed E-state index contributed by atoms with van der Waals surface area (Å²) in [6.07, 6.45) is 9.23. The molecule has 4 N–H and O–H groups in total. The van der Waals surface area contributed by atoms with Crippen molar-refractivity contribution in [3.8, 4) is 0 Å². The van der Waals surface area contributed by atoms with Crippen LogP contribution in [0.1, 0.15) is 80.3 Å². The molecule has 1 aliphatic carbocycles. The lowest BCUT2D eigenvalue weighted by Crippen LogP contribution is -2.37. The van der Waals surface area contributed by atoms with Gasteiger partial charge in [-0.05, 0) is 63.6 Å². The molecule has 1 aromatic carbocycles. The summed E-state index contributed by atoms with van der Waals surface area (Å²) in [4.78, 5) is 31.4. The van der Waals surface area contributed by atoms with Gasteiger partial charge >= 0.3 is 0 Å². The number of nitrogens with zero attached hydrogens (tertiary/aromatic N) is 4. The second-order valence-corrected chi connectivity index (χ2v) is 10.3. The lowest BCUT2D eigenvalue weighted by molar-refractivity contribution is 0.0496. The summed E-state index contributed by atoms with van der Waals surface area (Å²) >= 11 is 0. The molecule has 1 amide bonds. The van der Waals surface area contributed by atoms with Crippen molar-refractivity contribution in [3.63, 3.8) is 0 Å². The molecule has 0 radical (unpaired) electrons. The molecule has 10 heteroatoms. The van der Waals surface area contributed by atoms with E-state index >= 15 is 0 Å². The largest absolute Gasteiger partial charge is 0.389 e. The molecule has 0 saturated heterocycles. The Morgan fingerprint density at radius 1 is 1.32 bits per heavy atom. The van der Waals surface area contributed by atoms with Gasteiger partial charge < -0.3 is 15.5 Å². The number of aliphatic imine (C=N–C) groups is 2. The van der Waals surface area contributed by atoms with E-state index in [-0.39, 0.29) is 35.2 Å². The van der Waals surface area contributed by atoms with Crippen molar-refractivity contribution in [1.29, 1.82) is 0 Å². The number of aliphatic hydroxyl groups is 2. The second-order valence-electron chi connectivity index (χ2n) is 10.3. The summed E-state index contributed by atoms with van der Waals surface area (Å²) in [5.74, 6) is -0.371. The molecule has 1 fully saturated rings. The Labute approximate surface area is 215 Å². The first-order valence-corrected chi connectivity index (χ1v) is 12.5. The highest BCUT2D eigenvalue weighted by molar-refractivity contribution is 6.31. The van der Waals surface area contributed by atoms with Crippen LogP contribution in [0.4, 0.5) is 15.9 Å². The van der Waals surface area contributed by atoms with Crippen LogP contribution >= 0.6 is 0 Å². The summed E-state index contributed by atoms with van der Waals surface area (Å²) in [5, 5.41) is 26.1. The monoisotopic (exact) mass is 508 g/mol. The molecule has 1 saturated carbocycles. The van der Waals surface area contributed by atoms with E-state index in [9.17, 15) is 19.4 Å². The maximum Gasteiger partial charge on any atom is 0.278 e. The van der Waals surface area contributed by atoms with Crippen molar-refractivity contribution in [3.05, 3.63) is 59.4 Å². The van der Waals surface area contributed by atoms with Gasteiger partial charge in [-0.1, -0.05) is 13.0 Å². The minimum absolute atomic E-state index is 0.0454. The lowest BCUT2D eigenvalue weighted by atomic mass is 10.0. The summed E-state index contributed by atoms with van der Waals surface area (Å²) in [5.41, 5.74) is 0.675. The van der Waals surface area contributed by atoms with Gasteiger partial charge in [0.1, 0.15) is 12.0 Å². The van der Waals surface area contributed by atoms with E-state index in [4.69, 9.17) is 0 Å². The van der Waals surface area contributed by atoms with Crippen LogP contribution in [0.3, 0.4) is 0 Å². The van der Waals surface area contributed by atoms with Gasteiger partial charge in [-0.2, -0.15) is 0 Å². The number of nitrogens with one attached hydrogen (secondary N) is 2. The van der Waals surface area contributed by atoms with E-state index < -0.39 is 23.6 Å². The van der Waals surface area contributed by atoms with Crippen LogP contribution in [0.15, 0.2) is 46.7 Å². The zero-order valence-corrected chi connectivity index (χ0v) is 21.3. The number of halogens is 1. The molecule has 0 bridgehead atoms. The third kappa shape index (κ3) is 7.58. The number of hydrogen-bond donors (Lipinski definition) is 4. The smallest absolute Gasteiger partial charge is 0.278 e. The summed E-state index contributed by atoms with van der Waals surface area (Å²) < 4.78 is 14.1. The normalized spacial score (nSPS) is 20.8. The minimum atomic E-state index is -1.33. The van der Waals surface area contributed by atoms with E-state index in [1.807, 2.05) is 6.08 Å². The molecular formula is C27H33FN6O3. The van der Waals surface area contributed by atoms with E-state index in [1.54, 1.807) is 32.5 Å². The third-order valence-electron chi connectivity index (χ3n) is 6.03. The Hall–Kier alpha value is -3.34. The topological polar surface area (TPSA) is 132 Å². The standard InChI is InChI=1S/C27H33FN6O3/c1-16-5-4-10-29-13-19(11-16)32-24-23(33-22(14-30-24)17-6-7-17)26(36)34-21-9-8-18(28)12-20(21)25(35)31-15-27(2,3)37/h4,8-10,12-14,16-17,25,31,35,37H,5-7,11,15H2,1-3H3,(H,34,36)/b10-4+,29-13?,32-19?. The third-order valence-corrected chi connectivity index (χ3v) is 6.03. The Balaban J connectivity index is 1.65. The van der Waals surface area contributed by atoms with Crippen LogP contribution in [0.2, 0.25) is 0 Å². The van der Waals surface area contributed by atoms with Crippen molar-refractivity contribution in [1.82, 2.24) is 15.3 Å². The van der Waals surface area contributed by atoms with Crippen LogP contribution in [0.25, 0.3) is 0 Å². The van der Waals surface area contributed by atoms with E-state index in [2.05, 4.69) is 37.5 Å². The lowest BCUT2D eigenvalue weighted by Gasteiger charge is -2.23. The van der Waals surface area contributed by atoms with Crippen molar-refractivity contribution in [2.75, 3.05) is 11.9 Å². The van der Waals surface area contributed by atoms with Crippen molar-refractivity contribution < 1.29 is 19.4 Å². The fourth-order valence-electron chi connectivity index (χ4n) is 3.90. The molecule has 2 heterocycles. The van der Waals surface area contributed by atoms with Crippen LogP contribution < -0.4 is 10.6 Å². The van der Waals surface area contributed by atoms with Gasteiger partial charge in [-0.25, -0.2) is 19.4 Å². The Kier molecular flexibility index (Phi) is 8.21. The SMILES string of the molecule is CC1C/C=C/N=CC(=Nc2ncc(C3CC3)nc2C(=O)Nc2ccc(F)cc2C(O)NCC(C)(C)O)C1. The second kappa shape index (κ2) is 11.4. The number of carbonyl (C=O) groups is 1. The van der Waals surface area contributed by atoms with Crippen LogP contribution in [0.5, 0.6) is 0 Å². The average molecular weight is 509 g/mol. The van der Waals surface area contributed by atoms with Gasteiger partial charge in [0.05, 0.1) is 23.2 Å². The molecule has 2 atom stereocenters. The van der Waals surface area contributed by atoms with Gasteiger partial charge in [0, 0.05) is 36.1 Å².